The van der Waals surface area contributed by atoms with Gasteiger partial charge in [-0.25, -0.2) is 9.78 Å². The Hall–Kier alpha value is -1.36. The molecule has 2 unspecified atom stereocenters. The van der Waals surface area contributed by atoms with E-state index in [1.807, 2.05) is 6.92 Å². The van der Waals surface area contributed by atoms with Gasteiger partial charge in [-0.15, -0.1) is 0 Å². The second kappa shape index (κ2) is 6.19. The molecule has 2 rings (SSSR count). The lowest BCUT2D eigenvalue weighted by atomic mass is 10.00. The summed E-state index contributed by atoms with van der Waals surface area (Å²) >= 11 is 0. The minimum atomic E-state index is -0.450. The van der Waals surface area contributed by atoms with Crippen LogP contribution in [-0.4, -0.2) is 30.8 Å². The Morgan fingerprint density at radius 2 is 2.26 bits per heavy atom. The van der Waals surface area contributed by atoms with Crippen LogP contribution >= 0.6 is 0 Å². The van der Waals surface area contributed by atoms with Crippen LogP contribution in [0.1, 0.15) is 61.2 Å². The van der Waals surface area contributed by atoms with Crippen LogP contribution < -0.4 is 0 Å². The van der Waals surface area contributed by atoms with E-state index in [0.29, 0.717) is 11.6 Å². The highest BCUT2D eigenvalue weighted by Crippen LogP contribution is 2.33. The fourth-order valence-corrected chi connectivity index (χ4v) is 2.52. The van der Waals surface area contributed by atoms with Crippen molar-refractivity contribution in [3.8, 4) is 0 Å². The van der Waals surface area contributed by atoms with Gasteiger partial charge in [0.15, 0.2) is 0 Å². The monoisotopic (exact) mass is 267 g/mol. The summed E-state index contributed by atoms with van der Waals surface area (Å²) in [7, 11) is 1.35. The highest BCUT2D eigenvalue weighted by molar-refractivity contribution is 5.87. The van der Waals surface area contributed by atoms with Gasteiger partial charge in [0.1, 0.15) is 0 Å². The number of carbonyl (C=O) groups excluding carboxylic acids is 1. The number of rotatable bonds is 5. The molecule has 0 spiro atoms. The van der Waals surface area contributed by atoms with Crippen molar-refractivity contribution < 1.29 is 18.7 Å². The molecule has 2 heterocycles. The lowest BCUT2D eigenvalue weighted by Gasteiger charge is -2.12. The van der Waals surface area contributed by atoms with Gasteiger partial charge in [-0.05, 0) is 19.3 Å². The number of nitrogens with zero attached hydrogens (tertiary/aromatic N) is 1. The number of aromatic nitrogens is 1. The van der Waals surface area contributed by atoms with Gasteiger partial charge >= 0.3 is 5.97 Å². The van der Waals surface area contributed by atoms with Crippen molar-refractivity contribution in [2.75, 3.05) is 13.7 Å². The van der Waals surface area contributed by atoms with E-state index in [2.05, 4.69) is 11.9 Å². The maximum Gasteiger partial charge on any atom is 0.375 e. The molecule has 19 heavy (non-hydrogen) atoms. The smallest absolute Gasteiger partial charge is 0.375 e. The van der Waals surface area contributed by atoms with E-state index in [9.17, 15) is 4.79 Å². The van der Waals surface area contributed by atoms with E-state index < -0.39 is 5.97 Å². The van der Waals surface area contributed by atoms with E-state index in [1.165, 1.54) is 7.11 Å². The third kappa shape index (κ3) is 2.81. The van der Waals surface area contributed by atoms with Crippen LogP contribution in [0.25, 0.3) is 0 Å². The first-order valence-electron chi connectivity index (χ1n) is 6.90. The van der Waals surface area contributed by atoms with Crippen molar-refractivity contribution in [3.63, 3.8) is 0 Å². The predicted molar refractivity (Wildman–Crippen MR) is 69.2 cm³/mol. The zero-order valence-corrected chi connectivity index (χ0v) is 11.8. The average molecular weight is 267 g/mol. The molecule has 0 aromatic carbocycles. The average Bonchev–Trinajstić information content (AvgIpc) is 3.03. The van der Waals surface area contributed by atoms with E-state index in [0.717, 1.165) is 32.3 Å². The number of aryl methyl sites for hydroxylation is 1. The van der Waals surface area contributed by atoms with Crippen LogP contribution in [0.15, 0.2) is 4.42 Å². The first kappa shape index (κ1) is 14.1. The number of hydrogen-bond acceptors (Lipinski definition) is 5. The molecular formula is C14H21NO4. The van der Waals surface area contributed by atoms with E-state index >= 15 is 0 Å². The third-order valence-corrected chi connectivity index (χ3v) is 3.50. The zero-order valence-electron chi connectivity index (χ0n) is 11.8. The van der Waals surface area contributed by atoms with Crippen LogP contribution in [0, 0.1) is 0 Å². The zero-order chi connectivity index (χ0) is 13.8. The van der Waals surface area contributed by atoms with Crippen LogP contribution in [-0.2, 0) is 15.9 Å². The highest BCUT2D eigenvalue weighted by Gasteiger charge is 2.34. The minimum absolute atomic E-state index is 0.138. The first-order valence-corrected chi connectivity index (χ1v) is 6.90. The molecule has 2 atom stereocenters. The van der Waals surface area contributed by atoms with Crippen molar-refractivity contribution in [2.24, 2.45) is 0 Å². The van der Waals surface area contributed by atoms with Gasteiger partial charge < -0.3 is 13.9 Å². The summed E-state index contributed by atoms with van der Waals surface area (Å²) in [5.74, 6) is 0.572. The fourth-order valence-electron chi connectivity index (χ4n) is 2.52. The number of oxazole rings is 1. The molecule has 1 fully saturated rings. The minimum Gasteiger partial charge on any atom is -0.463 e. The fraction of sp³-hybridized carbons (Fsp3) is 0.714. The van der Waals surface area contributed by atoms with Gasteiger partial charge in [-0.2, -0.15) is 0 Å². The molecule has 0 N–H and O–H groups in total. The third-order valence-electron chi connectivity index (χ3n) is 3.50. The molecule has 1 aliphatic heterocycles. The predicted octanol–water partition coefficient (Wildman–Crippen LogP) is 2.70. The van der Waals surface area contributed by atoms with Crippen LogP contribution in [0.2, 0.25) is 0 Å². The Kier molecular flexibility index (Phi) is 4.58. The Bertz CT molecular complexity index is 441. The van der Waals surface area contributed by atoms with E-state index in [1.54, 1.807) is 0 Å². The number of hydrogen-bond donors (Lipinski definition) is 0. The van der Waals surface area contributed by atoms with Gasteiger partial charge in [-0.1, -0.05) is 20.3 Å². The van der Waals surface area contributed by atoms with Crippen molar-refractivity contribution >= 4 is 5.97 Å². The molecule has 0 radical (unpaired) electrons. The van der Waals surface area contributed by atoms with Crippen LogP contribution in [0.4, 0.5) is 0 Å². The summed E-state index contributed by atoms with van der Waals surface area (Å²) in [4.78, 5) is 16.2. The number of methoxy groups -OCH3 is 1. The normalized spacial score (nSPS) is 22.7. The Morgan fingerprint density at radius 3 is 2.89 bits per heavy atom. The van der Waals surface area contributed by atoms with Crippen LogP contribution in [0.3, 0.4) is 0 Å². The van der Waals surface area contributed by atoms with Gasteiger partial charge in [0.25, 0.3) is 0 Å². The molecular weight excluding hydrogens is 246 g/mol. The van der Waals surface area contributed by atoms with Gasteiger partial charge in [0.05, 0.1) is 24.8 Å². The van der Waals surface area contributed by atoms with Crippen molar-refractivity contribution in [2.45, 2.75) is 51.6 Å². The molecule has 0 amide bonds. The van der Waals surface area contributed by atoms with E-state index in [4.69, 9.17) is 13.9 Å². The lowest BCUT2D eigenvalue weighted by molar-refractivity contribution is 0.0556. The molecule has 5 heteroatoms. The molecule has 1 saturated heterocycles. The molecule has 0 saturated carbocycles. The molecule has 0 bridgehead atoms. The lowest BCUT2D eigenvalue weighted by Crippen LogP contribution is -2.13. The first-order chi connectivity index (χ1) is 9.21. The number of esters is 1. The Labute approximate surface area is 113 Å². The molecule has 1 aliphatic rings. The maximum atomic E-state index is 11.7. The summed E-state index contributed by atoms with van der Waals surface area (Å²) in [5, 5.41) is 0. The second-order valence-electron chi connectivity index (χ2n) is 4.78. The largest absolute Gasteiger partial charge is 0.463 e. The topological polar surface area (TPSA) is 61.6 Å². The molecule has 1 aromatic rings. The standard InChI is InChI=1S/C14H21NO4/c1-4-6-10-12(14(16)17-3)19-13(15-10)9-7-8-18-11(9)5-2/h9,11H,4-8H2,1-3H3. The summed E-state index contributed by atoms with van der Waals surface area (Å²) in [6, 6.07) is 0. The summed E-state index contributed by atoms with van der Waals surface area (Å²) in [6.45, 7) is 4.85. The quantitative estimate of drug-likeness (QED) is 0.767. The maximum absolute atomic E-state index is 11.7. The van der Waals surface area contributed by atoms with Gasteiger partial charge in [0.2, 0.25) is 11.7 Å². The SMILES string of the molecule is CCCc1nc(C2CCOC2CC)oc1C(=O)OC. The van der Waals surface area contributed by atoms with Crippen molar-refractivity contribution in [1.82, 2.24) is 4.98 Å². The van der Waals surface area contributed by atoms with Gasteiger partial charge in [0, 0.05) is 6.61 Å². The summed E-state index contributed by atoms with van der Waals surface area (Å²) < 4.78 is 16.1. The summed E-state index contributed by atoms with van der Waals surface area (Å²) in [5.41, 5.74) is 0.700. The molecule has 106 valence electrons. The number of carbonyl (C=O) groups is 1. The molecule has 5 nitrogen and oxygen atoms in total. The number of ether oxygens (including phenoxy) is 2. The van der Waals surface area contributed by atoms with Crippen molar-refractivity contribution in [1.29, 1.82) is 0 Å². The molecule has 1 aromatic heterocycles. The van der Waals surface area contributed by atoms with Crippen molar-refractivity contribution in [3.05, 3.63) is 17.3 Å². The van der Waals surface area contributed by atoms with Crippen LogP contribution in [0.5, 0.6) is 0 Å². The second-order valence-corrected chi connectivity index (χ2v) is 4.78. The highest BCUT2D eigenvalue weighted by atomic mass is 16.5. The van der Waals surface area contributed by atoms with Gasteiger partial charge in [-0.3, -0.25) is 0 Å². The van der Waals surface area contributed by atoms with E-state index in [-0.39, 0.29) is 17.8 Å². The molecule has 0 aliphatic carbocycles. The Morgan fingerprint density at radius 1 is 1.47 bits per heavy atom. The Balaban J connectivity index is 2.28. The summed E-state index contributed by atoms with van der Waals surface area (Å²) in [6.07, 6.45) is 3.58.